The van der Waals surface area contributed by atoms with E-state index < -0.39 is 0 Å². The summed E-state index contributed by atoms with van der Waals surface area (Å²) in [6.07, 6.45) is 1.89. The number of nitrogens with one attached hydrogen (secondary N) is 1. The Labute approximate surface area is 141 Å². The zero-order valence-corrected chi connectivity index (χ0v) is 15.0. The number of hydrogen-bond donors (Lipinski definition) is 1. The van der Waals surface area contributed by atoms with Crippen LogP contribution in [0, 0.1) is 6.92 Å². The molecular formula is C17H24N4OS. The average Bonchev–Trinajstić information content (AvgIpc) is 3.08. The molecule has 5 nitrogen and oxygen atoms in total. The van der Waals surface area contributed by atoms with E-state index in [4.69, 9.17) is 0 Å². The minimum atomic E-state index is -0.0884. The number of thiophene rings is 1. The summed E-state index contributed by atoms with van der Waals surface area (Å²) in [4.78, 5) is 21.9. The van der Waals surface area contributed by atoms with Gasteiger partial charge < -0.3 is 9.88 Å². The Morgan fingerprint density at radius 2 is 2.22 bits per heavy atom. The summed E-state index contributed by atoms with van der Waals surface area (Å²) >= 11 is 1.85. The Hall–Kier alpha value is -1.66. The summed E-state index contributed by atoms with van der Waals surface area (Å²) in [6, 6.07) is 4.71. The number of imidazole rings is 1. The molecule has 3 rings (SSSR count). The molecule has 2 aromatic rings. The Balaban J connectivity index is 1.75. The SMILES string of the molecule is Cc1ccc(CN2CCn3cc(C(=O)NC(C)C)nc3[C@H]2C)s1. The van der Waals surface area contributed by atoms with Gasteiger partial charge in [-0.3, -0.25) is 9.69 Å². The highest BCUT2D eigenvalue weighted by Crippen LogP contribution is 2.28. The fourth-order valence-corrected chi connectivity index (χ4v) is 3.88. The van der Waals surface area contributed by atoms with Gasteiger partial charge in [-0.1, -0.05) is 0 Å². The molecule has 124 valence electrons. The van der Waals surface area contributed by atoms with E-state index in [1.165, 1.54) is 9.75 Å². The maximum Gasteiger partial charge on any atom is 0.271 e. The lowest BCUT2D eigenvalue weighted by Gasteiger charge is -2.33. The van der Waals surface area contributed by atoms with Gasteiger partial charge in [0.15, 0.2) is 0 Å². The molecule has 3 heterocycles. The molecule has 1 aliphatic rings. The van der Waals surface area contributed by atoms with Crippen LogP contribution in [0.5, 0.6) is 0 Å². The topological polar surface area (TPSA) is 50.2 Å². The predicted molar refractivity (Wildman–Crippen MR) is 92.7 cm³/mol. The van der Waals surface area contributed by atoms with Crippen molar-refractivity contribution in [3.8, 4) is 0 Å². The van der Waals surface area contributed by atoms with Gasteiger partial charge in [0.2, 0.25) is 0 Å². The van der Waals surface area contributed by atoms with E-state index in [9.17, 15) is 4.79 Å². The van der Waals surface area contributed by atoms with E-state index in [0.29, 0.717) is 5.69 Å². The lowest BCUT2D eigenvalue weighted by atomic mass is 10.2. The smallest absolute Gasteiger partial charge is 0.271 e. The molecule has 0 unspecified atom stereocenters. The first-order chi connectivity index (χ1) is 10.9. The zero-order chi connectivity index (χ0) is 16.6. The van der Waals surface area contributed by atoms with Gasteiger partial charge in [-0.2, -0.15) is 0 Å². The minimum absolute atomic E-state index is 0.0884. The van der Waals surface area contributed by atoms with E-state index in [1.807, 2.05) is 31.4 Å². The number of hydrogen-bond acceptors (Lipinski definition) is 4. The third kappa shape index (κ3) is 3.48. The van der Waals surface area contributed by atoms with Gasteiger partial charge >= 0.3 is 0 Å². The normalized spacial score (nSPS) is 18.2. The monoisotopic (exact) mass is 332 g/mol. The Morgan fingerprint density at radius 3 is 2.87 bits per heavy atom. The van der Waals surface area contributed by atoms with Crippen LogP contribution < -0.4 is 5.32 Å². The van der Waals surface area contributed by atoms with E-state index in [0.717, 1.165) is 25.5 Å². The first-order valence-electron chi connectivity index (χ1n) is 8.11. The number of aryl methyl sites for hydroxylation is 1. The Morgan fingerprint density at radius 1 is 1.43 bits per heavy atom. The highest BCUT2D eigenvalue weighted by molar-refractivity contribution is 7.11. The number of amides is 1. The molecule has 23 heavy (non-hydrogen) atoms. The molecule has 0 aliphatic carbocycles. The molecule has 0 fully saturated rings. The number of fused-ring (bicyclic) bond motifs is 1. The maximum atomic E-state index is 12.2. The fourth-order valence-electron chi connectivity index (χ4n) is 2.97. The Bertz CT molecular complexity index is 703. The van der Waals surface area contributed by atoms with Gasteiger partial charge in [-0.05, 0) is 39.8 Å². The van der Waals surface area contributed by atoms with Gasteiger partial charge in [-0.25, -0.2) is 4.98 Å². The van der Waals surface area contributed by atoms with Crippen molar-refractivity contribution in [3.05, 3.63) is 39.6 Å². The lowest BCUT2D eigenvalue weighted by molar-refractivity contribution is 0.0938. The number of aromatic nitrogens is 2. The summed E-state index contributed by atoms with van der Waals surface area (Å²) < 4.78 is 2.12. The molecule has 1 amide bonds. The summed E-state index contributed by atoms with van der Waals surface area (Å²) in [6.45, 7) is 11.0. The van der Waals surface area contributed by atoms with Crippen LogP contribution in [0.4, 0.5) is 0 Å². The highest BCUT2D eigenvalue weighted by Gasteiger charge is 2.27. The molecule has 0 bridgehead atoms. The van der Waals surface area contributed by atoms with Gasteiger partial charge in [0.05, 0.1) is 6.04 Å². The molecule has 0 saturated carbocycles. The van der Waals surface area contributed by atoms with Crippen LogP contribution in [0.3, 0.4) is 0 Å². The van der Waals surface area contributed by atoms with Crippen molar-refractivity contribution in [2.24, 2.45) is 0 Å². The quantitative estimate of drug-likeness (QED) is 0.936. The van der Waals surface area contributed by atoms with Crippen molar-refractivity contribution in [2.45, 2.75) is 52.9 Å². The van der Waals surface area contributed by atoms with E-state index in [-0.39, 0.29) is 18.0 Å². The molecule has 0 spiro atoms. The number of carbonyl (C=O) groups is 1. The van der Waals surface area contributed by atoms with Crippen LogP contribution in [0.1, 0.15) is 52.9 Å². The van der Waals surface area contributed by atoms with E-state index in [2.05, 4.69) is 45.7 Å². The molecule has 0 radical (unpaired) electrons. The standard InChI is InChI=1S/C17H24N4OS/c1-11(2)18-17(22)15-10-21-8-7-20(13(4)16(21)19-15)9-14-6-5-12(3)23-14/h5-6,10-11,13H,7-9H2,1-4H3,(H,18,22)/t13-/m1/s1. The second-order valence-electron chi connectivity index (χ2n) is 6.46. The third-order valence-corrected chi connectivity index (χ3v) is 5.15. The van der Waals surface area contributed by atoms with Crippen molar-refractivity contribution < 1.29 is 4.79 Å². The van der Waals surface area contributed by atoms with Crippen molar-refractivity contribution in [3.63, 3.8) is 0 Å². The van der Waals surface area contributed by atoms with Crippen molar-refractivity contribution in [1.29, 1.82) is 0 Å². The third-order valence-electron chi connectivity index (χ3n) is 4.16. The summed E-state index contributed by atoms with van der Waals surface area (Å²) in [5.74, 6) is 0.896. The van der Waals surface area contributed by atoms with Crippen molar-refractivity contribution >= 4 is 17.2 Å². The van der Waals surface area contributed by atoms with Crippen LogP contribution in [0.15, 0.2) is 18.3 Å². The highest BCUT2D eigenvalue weighted by atomic mass is 32.1. The van der Waals surface area contributed by atoms with Crippen LogP contribution in [0.25, 0.3) is 0 Å². The van der Waals surface area contributed by atoms with E-state index >= 15 is 0 Å². The average molecular weight is 332 g/mol. The van der Waals surface area contributed by atoms with Gasteiger partial charge in [0, 0.05) is 41.6 Å². The minimum Gasteiger partial charge on any atom is -0.348 e. The largest absolute Gasteiger partial charge is 0.348 e. The molecule has 0 aromatic carbocycles. The van der Waals surface area contributed by atoms with Crippen LogP contribution >= 0.6 is 11.3 Å². The van der Waals surface area contributed by atoms with Gasteiger partial charge in [0.25, 0.3) is 5.91 Å². The summed E-state index contributed by atoms with van der Waals surface area (Å²) in [7, 11) is 0. The summed E-state index contributed by atoms with van der Waals surface area (Å²) in [5, 5.41) is 2.91. The fraction of sp³-hybridized carbons (Fsp3) is 0.529. The van der Waals surface area contributed by atoms with E-state index in [1.54, 1.807) is 0 Å². The molecule has 6 heteroatoms. The predicted octanol–water partition coefficient (Wildman–Crippen LogP) is 2.97. The van der Waals surface area contributed by atoms with Crippen molar-refractivity contribution in [2.75, 3.05) is 6.54 Å². The second-order valence-corrected chi connectivity index (χ2v) is 7.84. The summed E-state index contributed by atoms with van der Waals surface area (Å²) in [5.41, 5.74) is 0.523. The van der Waals surface area contributed by atoms with Crippen LogP contribution in [0.2, 0.25) is 0 Å². The van der Waals surface area contributed by atoms with Crippen LogP contribution in [-0.4, -0.2) is 32.9 Å². The molecule has 1 aliphatic heterocycles. The Kier molecular flexibility index (Phi) is 4.55. The number of nitrogens with zero attached hydrogens (tertiary/aromatic N) is 3. The number of carbonyl (C=O) groups excluding carboxylic acids is 1. The first-order valence-corrected chi connectivity index (χ1v) is 8.93. The lowest BCUT2D eigenvalue weighted by Crippen LogP contribution is -2.36. The maximum absolute atomic E-state index is 12.2. The van der Waals surface area contributed by atoms with Gasteiger partial charge in [0.1, 0.15) is 11.5 Å². The molecule has 1 N–H and O–H groups in total. The van der Waals surface area contributed by atoms with Gasteiger partial charge in [-0.15, -0.1) is 11.3 Å². The van der Waals surface area contributed by atoms with Crippen LogP contribution in [-0.2, 0) is 13.1 Å². The second kappa shape index (κ2) is 6.45. The zero-order valence-electron chi connectivity index (χ0n) is 14.2. The molecule has 1 atom stereocenters. The van der Waals surface area contributed by atoms with Crippen molar-refractivity contribution in [1.82, 2.24) is 19.8 Å². The number of rotatable bonds is 4. The molecular weight excluding hydrogens is 308 g/mol. The molecule has 0 saturated heterocycles. The first kappa shape index (κ1) is 16.2. The molecule has 2 aromatic heterocycles.